The van der Waals surface area contributed by atoms with Gasteiger partial charge in [-0.3, -0.25) is 0 Å². The van der Waals surface area contributed by atoms with Gasteiger partial charge >= 0.3 is 0 Å². The van der Waals surface area contributed by atoms with Gasteiger partial charge in [0.25, 0.3) is 0 Å². The highest BCUT2D eigenvalue weighted by atomic mass is 79.9. The predicted molar refractivity (Wildman–Crippen MR) is 94.7 cm³/mol. The molecule has 1 saturated heterocycles. The predicted octanol–water partition coefficient (Wildman–Crippen LogP) is 3.66. The van der Waals surface area contributed by atoms with Gasteiger partial charge in [-0.1, -0.05) is 38.8 Å². The number of nitrogens with zero attached hydrogens (tertiary/aromatic N) is 1. The average molecular weight is 443 g/mol. The number of rotatable bonds is 4. The van der Waals surface area contributed by atoms with E-state index in [4.69, 9.17) is 0 Å². The van der Waals surface area contributed by atoms with Crippen LogP contribution in [0.1, 0.15) is 12.5 Å². The van der Waals surface area contributed by atoms with Crippen molar-refractivity contribution in [1.82, 2.24) is 0 Å². The molecule has 0 spiro atoms. The molecule has 0 radical (unpaired) electrons. The zero-order valence-corrected chi connectivity index (χ0v) is 16.0. The molecule has 1 unspecified atom stereocenters. The van der Waals surface area contributed by atoms with Crippen LogP contribution >= 0.6 is 43.6 Å². The fraction of sp³-hybridized carbons (Fsp3) is 0.538. The van der Waals surface area contributed by atoms with Crippen molar-refractivity contribution in [1.29, 1.82) is 0 Å². The van der Waals surface area contributed by atoms with Crippen LogP contribution in [0.5, 0.6) is 0 Å². The lowest BCUT2D eigenvalue weighted by atomic mass is 10.2. The number of alkyl halides is 1. The molecule has 3 nitrogen and oxygen atoms in total. The number of sulfone groups is 1. The molecule has 2 rings (SSSR count). The van der Waals surface area contributed by atoms with Gasteiger partial charge < -0.3 is 4.90 Å². The second-order valence-corrected chi connectivity index (χ2v) is 9.65. The summed E-state index contributed by atoms with van der Waals surface area (Å²) in [6.45, 7) is 2.50. The normalized spacial score (nSPS) is 20.1. The Morgan fingerprint density at radius 1 is 1.45 bits per heavy atom. The molecule has 1 aliphatic rings. The molecule has 1 aliphatic heterocycles. The van der Waals surface area contributed by atoms with Crippen molar-refractivity contribution in [3.05, 3.63) is 28.2 Å². The lowest BCUT2D eigenvalue weighted by molar-refractivity contribution is 0.579. The maximum atomic E-state index is 12.3. The minimum Gasteiger partial charge on any atom is -0.353 e. The summed E-state index contributed by atoms with van der Waals surface area (Å²) in [4.78, 5) is 2.05. The van der Waals surface area contributed by atoms with Crippen LogP contribution in [-0.4, -0.2) is 37.6 Å². The second-order valence-electron chi connectivity index (χ2n) is 4.58. The molecule has 1 aromatic carbocycles. The third-order valence-corrected chi connectivity index (χ3v) is 7.78. The molecule has 0 saturated carbocycles. The van der Waals surface area contributed by atoms with E-state index in [1.807, 2.05) is 18.2 Å². The lowest BCUT2D eigenvalue weighted by Gasteiger charge is -2.37. The highest BCUT2D eigenvalue weighted by Gasteiger charge is 2.33. The van der Waals surface area contributed by atoms with Gasteiger partial charge in [-0.25, -0.2) is 8.42 Å². The summed E-state index contributed by atoms with van der Waals surface area (Å²) < 4.78 is 25.7. The first-order valence-corrected chi connectivity index (χ1v) is 11.2. The van der Waals surface area contributed by atoms with Gasteiger partial charge in [-0.2, -0.15) is 11.8 Å². The Hall–Kier alpha value is 0.280. The average Bonchev–Trinajstić information content (AvgIpc) is 2.47. The number of benzene rings is 1. The van der Waals surface area contributed by atoms with Gasteiger partial charge in [-0.15, -0.1) is 0 Å². The number of halogens is 2. The summed E-state index contributed by atoms with van der Waals surface area (Å²) in [5.41, 5.74) is 2.13. The van der Waals surface area contributed by atoms with Crippen molar-refractivity contribution in [2.75, 3.05) is 28.7 Å². The van der Waals surface area contributed by atoms with E-state index < -0.39 is 15.2 Å². The molecule has 0 aromatic heterocycles. The first-order chi connectivity index (χ1) is 9.49. The fourth-order valence-corrected chi connectivity index (χ4v) is 6.13. The van der Waals surface area contributed by atoms with Gasteiger partial charge in [0.05, 0.1) is 0 Å². The molecule has 1 aromatic rings. The van der Waals surface area contributed by atoms with Gasteiger partial charge in [0, 0.05) is 39.3 Å². The molecule has 20 heavy (non-hydrogen) atoms. The minimum atomic E-state index is -3.08. The molecule has 7 heteroatoms. The molecular formula is C13H17Br2NO2S2. The van der Waals surface area contributed by atoms with Crippen LogP contribution < -0.4 is 4.90 Å². The Bertz CT molecular complexity index is 578. The van der Waals surface area contributed by atoms with Gasteiger partial charge in [0.2, 0.25) is 0 Å². The van der Waals surface area contributed by atoms with E-state index in [0.717, 1.165) is 28.0 Å². The van der Waals surface area contributed by atoms with E-state index in [-0.39, 0.29) is 5.75 Å². The van der Waals surface area contributed by atoms with Crippen molar-refractivity contribution >= 4 is 59.1 Å². The number of thioether (sulfide) groups is 1. The van der Waals surface area contributed by atoms with Crippen molar-refractivity contribution in [2.24, 2.45) is 0 Å². The highest BCUT2D eigenvalue weighted by Crippen LogP contribution is 2.32. The van der Waals surface area contributed by atoms with Gasteiger partial charge in [-0.05, 0) is 23.8 Å². The summed E-state index contributed by atoms with van der Waals surface area (Å²) in [5, 5.41) is 0.301. The van der Waals surface area contributed by atoms with Crippen molar-refractivity contribution in [2.45, 2.75) is 17.6 Å². The monoisotopic (exact) mass is 441 g/mol. The SMILES string of the molecule is CCS(=O)(=O)C1CSCCN1c1ccc(Br)cc1CBr. The number of hydrogen-bond donors (Lipinski definition) is 0. The van der Waals surface area contributed by atoms with Crippen LogP contribution in [0.3, 0.4) is 0 Å². The van der Waals surface area contributed by atoms with E-state index in [2.05, 4.69) is 36.8 Å². The largest absolute Gasteiger partial charge is 0.353 e. The van der Waals surface area contributed by atoms with Crippen LogP contribution in [0, 0.1) is 0 Å². The lowest BCUT2D eigenvalue weighted by Crippen LogP contribution is -2.48. The molecule has 1 heterocycles. The summed E-state index contributed by atoms with van der Waals surface area (Å²) in [7, 11) is -3.08. The van der Waals surface area contributed by atoms with E-state index in [0.29, 0.717) is 11.1 Å². The minimum absolute atomic E-state index is 0.189. The Balaban J connectivity index is 2.43. The highest BCUT2D eigenvalue weighted by molar-refractivity contribution is 9.10. The maximum absolute atomic E-state index is 12.3. The van der Waals surface area contributed by atoms with Crippen molar-refractivity contribution in [3.63, 3.8) is 0 Å². The van der Waals surface area contributed by atoms with Crippen LogP contribution in [0.15, 0.2) is 22.7 Å². The smallest absolute Gasteiger partial charge is 0.171 e. The number of hydrogen-bond acceptors (Lipinski definition) is 4. The topological polar surface area (TPSA) is 37.4 Å². The summed E-state index contributed by atoms with van der Waals surface area (Å²) in [6, 6.07) is 6.02. The Morgan fingerprint density at radius 3 is 2.85 bits per heavy atom. The molecule has 112 valence electrons. The molecule has 0 aliphatic carbocycles. The Morgan fingerprint density at radius 2 is 2.20 bits per heavy atom. The van der Waals surface area contributed by atoms with Gasteiger partial charge in [0.1, 0.15) is 5.37 Å². The quantitative estimate of drug-likeness (QED) is 0.666. The molecule has 1 fully saturated rings. The first kappa shape index (κ1) is 16.6. The number of anilines is 1. The molecule has 0 amide bonds. The van der Waals surface area contributed by atoms with E-state index >= 15 is 0 Å². The molecule has 0 bridgehead atoms. The van der Waals surface area contributed by atoms with Gasteiger partial charge in [0.15, 0.2) is 9.84 Å². The molecular weight excluding hydrogens is 426 g/mol. The van der Waals surface area contributed by atoms with Crippen LogP contribution in [0.25, 0.3) is 0 Å². The third kappa shape index (κ3) is 3.54. The van der Waals surface area contributed by atoms with E-state index in [1.165, 1.54) is 0 Å². The van der Waals surface area contributed by atoms with Crippen LogP contribution in [0.2, 0.25) is 0 Å². The molecule has 0 N–H and O–H groups in total. The van der Waals surface area contributed by atoms with Crippen molar-refractivity contribution in [3.8, 4) is 0 Å². The van der Waals surface area contributed by atoms with Crippen LogP contribution in [0.4, 0.5) is 5.69 Å². The standard InChI is InChI=1S/C13H17Br2NO2S2/c1-2-20(17,18)13-9-19-6-5-16(13)12-4-3-11(15)7-10(12)8-14/h3-4,7,13H,2,5-6,8-9H2,1H3. The first-order valence-electron chi connectivity index (χ1n) is 6.40. The summed E-state index contributed by atoms with van der Waals surface area (Å²) in [6.07, 6.45) is 0. The third-order valence-electron chi connectivity index (χ3n) is 3.40. The summed E-state index contributed by atoms with van der Waals surface area (Å²) in [5.74, 6) is 1.80. The Labute approximate surface area is 141 Å². The Kier molecular flexibility index (Phi) is 5.85. The zero-order chi connectivity index (χ0) is 14.8. The second kappa shape index (κ2) is 7.03. The van der Waals surface area contributed by atoms with Crippen LogP contribution in [-0.2, 0) is 15.2 Å². The zero-order valence-electron chi connectivity index (χ0n) is 11.2. The molecule has 1 atom stereocenters. The maximum Gasteiger partial charge on any atom is 0.171 e. The van der Waals surface area contributed by atoms with E-state index in [1.54, 1.807) is 18.7 Å². The van der Waals surface area contributed by atoms with E-state index in [9.17, 15) is 8.42 Å². The fourth-order valence-electron chi connectivity index (χ4n) is 2.29. The summed E-state index contributed by atoms with van der Waals surface area (Å²) >= 11 is 8.68. The van der Waals surface area contributed by atoms with Crippen molar-refractivity contribution < 1.29 is 8.42 Å².